The number of pyridine rings is 1. The number of hydrogen-bond acceptors (Lipinski definition) is 3. The van der Waals surface area contributed by atoms with E-state index in [9.17, 15) is 4.79 Å². The molecule has 0 bridgehead atoms. The van der Waals surface area contributed by atoms with Crippen LogP contribution in [0, 0.1) is 0 Å². The number of nitrogens with zero attached hydrogens (tertiary/aromatic N) is 1. The Kier molecular flexibility index (Phi) is 2.42. The number of carboxylic acids is 1. The monoisotopic (exact) mass is 164 g/mol. The molecular formula is C8H8N2O2. The lowest BCUT2D eigenvalue weighted by molar-refractivity contribution is -0.131. The second-order valence-corrected chi connectivity index (χ2v) is 2.19. The fraction of sp³-hybridized carbons (Fsp3) is 0. The predicted molar refractivity (Wildman–Crippen MR) is 45.3 cm³/mol. The molecule has 1 rings (SSSR count). The minimum atomic E-state index is -0.992. The summed E-state index contributed by atoms with van der Waals surface area (Å²) in [4.78, 5) is 14.0. The largest absolute Gasteiger partial charge is 0.478 e. The van der Waals surface area contributed by atoms with Crippen molar-refractivity contribution in [3.8, 4) is 0 Å². The highest BCUT2D eigenvalue weighted by Crippen LogP contribution is 2.02. The molecule has 0 atom stereocenters. The number of rotatable bonds is 2. The number of aromatic nitrogens is 1. The van der Waals surface area contributed by atoms with Crippen LogP contribution in [0.5, 0.6) is 0 Å². The molecule has 1 aromatic heterocycles. The molecule has 0 aliphatic carbocycles. The minimum Gasteiger partial charge on any atom is -0.478 e. The second-order valence-electron chi connectivity index (χ2n) is 2.19. The molecule has 0 amide bonds. The van der Waals surface area contributed by atoms with Crippen molar-refractivity contribution in [2.24, 2.45) is 0 Å². The second kappa shape index (κ2) is 3.52. The first-order valence-corrected chi connectivity index (χ1v) is 3.31. The van der Waals surface area contributed by atoms with Gasteiger partial charge in [-0.25, -0.2) is 4.79 Å². The molecule has 4 nitrogen and oxygen atoms in total. The topological polar surface area (TPSA) is 76.2 Å². The highest BCUT2D eigenvalue weighted by Gasteiger charge is 1.89. The van der Waals surface area contributed by atoms with Crippen molar-refractivity contribution in [1.29, 1.82) is 0 Å². The molecule has 0 saturated carbocycles. The molecule has 0 aliphatic heterocycles. The normalized spacial score (nSPS) is 10.3. The lowest BCUT2D eigenvalue weighted by Gasteiger charge is -1.92. The third kappa shape index (κ3) is 2.42. The van der Waals surface area contributed by atoms with E-state index in [2.05, 4.69) is 4.98 Å². The van der Waals surface area contributed by atoms with E-state index in [1.165, 1.54) is 12.3 Å². The maximum absolute atomic E-state index is 10.1. The molecule has 0 unspecified atom stereocenters. The first-order chi connectivity index (χ1) is 5.68. The zero-order valence-corrected chi connectivity index (χ0v) is 6.27. The highest BCUT2D eigenvalue weighted by molar-refractivity contribution is 5.84. The molecule has 12 heavy (non-hydrogen) atoms. The zero-order valence-electron chi connectivity index (χ0n) is 6.27. The van der Waals surface area contributed by atoms with Gasteiger partial charge >= 0.3 is 5.97 Å². The number of carboxylic acid groups (broad SMARTS) is 1. The van der Waals surface area contributed by atoms with Crippen LogP contribution in [0.2, 0.25) is 0 Å². The standard InChI is InChI=1S/C8H8N2O2/c9-6-1-2-7(10-5-6)3-4-8(11)12/h1-5H,9H2,(H,11,12)/b4-3+. The number of hydrogen-bond donors (Lipinski definition) is 2. The van der Waals surface area contributed by atoms with E-state index in [1.54, 1.807) is 12.1 Å². The van der Waals surface area contributed by atoms with Gasteiger partial charge in [0.05, 0.1) is 17.6 Å². The molecule has 3 N–H and O–H groups in total. The van der Waals surface area contributed by atoms with Crippen molar-refractivity contribution in [3.63, 3.8) is 0 Å². The van der Waals surface area contributed by atoms with Crippen molar-refractivity contribution < 1.29 is 9.90 Å². The van der Waals surface area contributed by atoms with Crippen LogP contribution in [0.4, 0.5) is 5.69 Å². The number of anilines is 1. The Morgan fingerprint density at radius 2 is 2.33 bits per heavy atom. The summed E-state index contributed by atoms with van der Waals surface area (Å²) in [6.07, 6.45) is 3.90. The van der Waals surface area contributed by atoms with Crippen LogP contribution < -0.4 is 5.73 Å². The van der Waals surface area contributed by atoms with Crippen LogP contribution in [-0.2, 0) is 4.79 Å². The molecule has 1 heterocycles. The number of carbonyl (C=O) groups is 1. The van der Waals surface area contributed by atoms with Crippen molar-refractivity contribution in [1.82, 2.24) is 4.98 Å². The van der Waals surface area contributed by atoms with Gasteiger partial charge in [0.15, 0.2) is 0 Å². The maximum atomic E-state index is 10.1. The van der Waals surface area contributed by atoms with E-state index in [4.69, 9.17) is 10.8 Å². The zero-order chi connectivity index (χ0) is 8.97. The summed E-state index contributed by atoms with van der Waals surface area (Å²) in [5.74, 6) is -0.992. The van der Waals surface area contributed by atoms with Gasteiger partial charge in [0, 0.05) is 6.08 Å². The Morgan fingerprint density at radius 3 is 2.83 bits per heavy atom. The van der Waals surface area contributed by atoms with E-state index in [0.717, 1.165) is 6.08 Å². The van der Waals surface area contributed by atoms with E-state index in [0.29, 0.717) is 11.4 Å². The van der Waals surface area contributed by atoms with E-state index in [-0.39, 0.29) is 0 Å². The molecule has 0 saturated heterocycles. The Morgan fingerprint density at radius 1 is 1.58 bits per heavy atom. The van der Waals surface area contributed by atoms with Gasteiger partial charge in [0.1, 0.15) is 0 Å². The van der Waals surface area contributed by atoms with E-state index >= 15 is 0 Å². The Hall–Kier alpha value is -1.84. The third-order valence-corrected chi connectivity index (χ3v) is 1.21. The van der Waals surface area contributed by atoms with Crippen molar-refractivity contribution >= 4 is 17.7 Å². The average Bonchev–Trinajstić information content (AvgIpc) is 2.03. The Balaban J connectivity index is 2.77. The molecule has 4 heteroatoms. The van der Waals surface area contributed by atoms with Crippen molar-refractivity contribution in [2.45, 2.75) is 0 Å². The fourth-order valence-corrected chi connectivity index (χ4v) is 0.672. The van der Waals surface area contributed by atoms with Gasteiger partial charge in [-0.15, -0.1) is 0 Å². The Labute approximate surface area is 69.4 Å². The molecule has 62 valence electrons. The van der Waals surface area contributed by atoms with Gasteiger partial charge in [-0.05, 0) is 18.2 Å². The van der Waals surface area contributed by atoms with E-state index in [1.807, 2.05) is 0 Å². The summed E-state index contributed by atoms with van der Waals surface area (Å²) in [7, 11) is 0. The maximum Gasteiger partial charge on any atom is 0.328 e. The van der Waals surface area contributed by atoms with Gasteiger partial charge < -0.3 is 10.8 Å². The summed E-state index contributed by atoms with van der Waals surface area (Å²) in [6.45, 7) is 0. The fourth-order valence-electron chi connectivity index (χ4n) is 0.672. The number of nitrogens with two attached hydrogens (primary N) is 1. The summed E-state index contributed by atoms with van der Waals surface area (Å²) in [5, 5.41) is 8.29. The van der Waals surface area contributed by atoms with Gasteiger partial charge in [-0.1, -0.05) is 0 Å². The van der Waals surface area contributed by atoms with Crippen LogP contribution in [-0.4, -0.2) is 16.1 Å². The molecule has 0 aliphatic rings. The highest BCUT2D eigenvalue weighted by atomic mass is 16.4. The van der Waals surface area contributed by atoms with Crippen LogP contribution in [0.3, 0.4) is 0 Å². The van der Waals surface area contributed by atoms with Crippen LogP contribution >= 0.6 is 0 Å². The summed E-state index contributed by atoms with van der Waals surface area (Å²) < 4.78 is 0. The predicted octanol–water partition coefficient (Wildman–Crippen LogP) is 0.762. The molecule has 1 aromatic rings. The summed E-state index contributed by atoms with van der Waals surface area (Å²) >= 11 is 0. The van der Waals surface area contributed by atoms with Gasteiger partial charge in [-0.2, -0.15) is 0 Å². The summed E-state index contributed by atoms with van der Waals surface area (Å²) in [6, 6.07) is 3.31. The molecular weight excluding hydrogens is 156 g/mol. The van der Waals surface area contributed by atoms with Crippen LogP contribution in [0.25, 0.3) is 6.08 Å². The van der Waals surface area contributed by atoms with Gasteiger partial charge in [0.2, 0.25) is 0 Å². The quantitative estimate of drug-likeness (QED) is 0.633. The van der Waals surface area contributed by atoms with Gasteiger partial charge in [-0.3, -0.25) is 4.98 Å². The number of nitrogen functional groups attached to an aromatic ring is 1. The van der Waals surface area contributed by atoms with Crippen LogP contribution in [0.1, 0.15) is 5.69 Å². The smallest absolute Gasteiger partial charge is 0.328 e. The van der Waals surface area contributed by atoms with E-state index < -0.39 is 5.97 Å². The first-order valence-electron chi connectivity index (χ1n) is 3.31. The minimum absolute atomic E-state index is 0.558. The molecule has 0 radical (unpaired) electrons. The molecule has 0 spiro atoms. The molecule has 0 fully saturated rings. The average molecular weight is 164 g/mol. The number of aliphatic carboxylic acids is 1. The van der Waals surface area contributed by atoms with Gasteiger partial charge in [0.25, 0.3) is 0 Å². The Bertz CT molecular complexity index is 303. The lowest BCUT2D eigenvalue weighted by atomic mass is 10.3. The SMILES string of the molecule is Nc1ccc(/C=C/C(=O)O)nc1. The van der Waals surface area contributed by atoms with Crippen LogP contribution in [0.15, 0.2) is 24.4 Å². The third-order valence-electron chi connectivity index (χ3n) is 1.21. The molecule has 0 aromatic carbocycles. The van der Waals surface area contributed by atoms with Crippen molar-refractivity contribution in [3.05, 3.63) is 30.1 Å². The van der Waals surface area contributed by atoms with Crippen molar-refractivity contribution in [2.75, 3.05) is 5.73 Å². The summed E-state index contributed by atoms with van der Waals surface area (Å²) in [5.41, 5.74) is 6.51. The lowest BCUT2D eigenvalue weighted by Crippen LogP contribution is -1.89. The first kappa shape index (κ1) is 8.26.